The molecule has 1 aliphatic heterocycles. The first kappa shape index (κ1) is 25.8. The fourth-order valence-corrected chi connectivity index (χ4v) is 4.80. The lowest BCUT2D eigenvalue weighted by Crippen LogP contribution is -2.29. The Morgan fingerprint density at radius 1 is 1.09 bits per heavy atom. The number of hydrogen-bond acceptors (Lipinski definition) is 6. The minimum Gasteiger partial charge on any atom is -0.490 e. The number of benzene rings is 2. The van der Waals surface area contributed by atoms with Gasteiger partial charge in [-0.2, -0.15) is 0 Å². The van der Waals surface area contributed by atoms with Crippen LogP contribution in [0.15, 0.2) is 53.4 Å². The second kappa shape index (κ2) is 13.2. The number of carboxylic acids is 1. The van der Waals surface area contributed by atoms with Crippen LogP contribution >= 0.6 is 24.0 Å². The van der Waals surface area contributed by atoms with Gasteiger partial charge in [0.1, 0.15) is 4.32 Å². The molecule has 0 aliphatic carbocycles. The van der Waals surface area contributed by atoms with Crippen LogP contribution in [0.5, 0.6) is 11.5 Å². The third-order valence-corrected chi connectivity index (χ3v) is 6.58. The fourth-order valence-electron chi connectivity index (χ4n) is 3.49. The van der Waals surface area contributed by atoms with Crippen LogP contribution in [0.4, 0.5) is 0 Å². The monoisotopic (exact) mass is 499 g/mol. The molecular weight excluding hydrogens is 470 g/mol. The van der Waals surface area contributed by atoms with E-state index in [1.165, 1.54) is 17.3 Å². The van der Waals surface area contributed by atoms with E-state index in [0.29, 0.717) is 46.9 Å². The van der Waals surface area contributed by atoms with Crippen LogP contribution < -0.4 is 9.47 Å². The molecule has 6 nitrogen and oxygen atoms in total. The molecular formula is C26H29NO5S2. The molecule has 1 amide bonds. The molecule has 3 rings (SSSR count). The van der Waals surface area contributed by atoms with E-state index in [4.69, 9.17) is 26.8 Å². The molecule has 1 heterocycles. The SMILES string of the molecule is CCOc1cc(/C=C2\SC(=S)N(CCCCCC(=O)O)C2=O)ccc1OCCc1ccccc1. The van der Waals surface area contributed by atoms with Crippen LogP contribution in [0.25, 0.3) is 6.08 Å². The maximum atomic E-state index is 12.8. The summed E-state index contributed by atoms with van der Waals surface area (Å²) in [6.07, 6.45) is 4.82. The number of hydrogen-bond donors (Lipinski definition) is 1. The Hall–Kier alpha value is -2.84. The number of thioether (sulfide) groups is 1. The lowest BCUT2D eigenvalue weighted by atomic mass is 10.1. The zero-order chi connectivity index (χ0) is 24.3. The Balaban J connectivity index is 1.61. The highest BCUT2D eigenvalue weighted by Crippen LogP contribution is 2.35. The first-order valence-electron chi connectivity index (χ1n) is 11.4. The van der Waals surface area contributed by atoms with Gasteiger partial charge in [0.25, 0.3) is 5.91 Å². The molecule has 0 unspecified atom stereocenters. The van der Waals surface area contributed by atoms with Crippen LogP contribution in [0, 0.1) is 0 Å². The van der Waals surface area contributed by atoms with Crippen molar-refractivity contribution in [1.82, 2.24) is 4.90 Å². The number of nitrogens with zero attached hydrogens (tertiary/aromatic N) is 1. The van der Waals surface area contributed by atoms with Gasteiger partial charge in [-0.05, 0) is 49.1 Å². The topological polar surface area (TPSA) is 76.1 Å². The largest absolute Gasteiger partial charge is 0.490 e. The number of rotatable bonds is 13. The number of carbonyl (C=O) groups is 2. The minimum absolute atomic E-state index is 0.116. The van der Waals surface area contributed by atoms with Crippen molar-refractivity contribution >= 4 is 46.3 Å². The summed E-state index contributed by atoms with van der Waals surface area (Å²) < 4.78 is 12.3. The average Bonchev–Trinajstić information content (AvgIpc) is 3.08. The lowest BCUT2D eigenvalue weighted by molar-refractivity contribution is -0.137. The molecule has 0 atom stereocenters. The standard InChI is InChI=1S/C26H29NO5S2/c1-2-31-22-17-20(12-13-21(22)32-16-14-19-9-5-3-6-10-19)18-23-25(30)27(26(33)34-23)15-8-4-7-11-24(28)29/h3,5-6,9-10,12-13,17-18H,2,4,7-8,11,14-16H2,1H3,(H,28,29)/b23-18-. The van der Waals surface area contributed by atoms with Gasteiger partial charge in [0, 0.05) is 19.4 Å². The molecule has 8 heteroatoms. The number of thiocarbonyl (C=S) groups is 1. The molecule has 2 aromatic rings. The van der Waals surface area contributed by atoms with E-state index >= 15 is 0 Å². The predicted octanol–water partition coefficient (Wildman–Crippen LogP) is 5.55. The Morgan fingerprint density at radius 3 is 2.62 bits per heavy atom. The molecule has 2 aromatic carbocycles. The third kappa shape index (κ3) is 7.60. The van der Waals surface area contributed by atoms with Crippen molar-refractivity contribution in [3.8, 4) is 11.5 Å². The van der Waals surface area contributed by atoms with E-state index in [-0.39, 0.29) is 12.3 Å². The molecule has 0 bridgehead atoms. The van der Waals surface area contributed by atoms with Gasteiger partial charge < -0.3 is 14.6 Å². The number of carbonyl (C=O) groups excluding carboxylic acids is 1. The number of amides is 1. The number of ether oxygens (including phenoxy) is 2. The lowest BCUT2D eigenvalue weighted by Gasteiger charge is -2.14. The molecule has 0 spiro atoms. The molecule has 0 saturated carbocycles. The second-order valence-corrected chi connectivity index (χ2v) is 9.44. The van der Waals surface area contributed by atoms with Gasteiger partial charge in [-0.1, -0.05) is 66.8 Å². The van der Waals surface area contributed by atoms with Crippen LogP contribution in [-0.4, -0.2) is 46.0 Å². The van der Waals surface area contributed by atoms with Crippen LogP contribution in [0.1, 0.15) is 43.7 Å². The van der Waals surface area contributed by atoms with Gasteiger partial charge in [-0.3, -0.25) is 14.5 Å². The quantitative estimate of drug-likeness (QED) is 0.220. The Labute approximate surface area is 209 Å². The van der Waals surface area contributed by atoms with E-state index in [0.717, 1.165) is 24.8 Å². The minimum atomic E-state index is -0.799. The Bertz CT molecular complexity index is 1040. The van der Waals surface area contributed by atoms with E-state index in [9.17, 15) is 9.59 Å². The normalized spacial score (nSPS) is 14.6. The first-order valence-corrected chi connectivity index (χ1v) is 12.6. The molecule has 34 heavy (non-hydrogen) atoms. The van der Waals surface area contributed by atoms with E-state index < -0.39 is 5.97 Å². The summed E-state index contributed by atoms with van der Waals surface area (Å²) in [5.74, 6) is 0.393. The molecule has 0 radical (unpaired) electrons. The maximum Gasteiger partial charge on any atom is 0.303 e. The highest BCUT2D eigenvalue weighted by Gasteiger charge is 2.31. The van der Waals surface area contributed by atoms with E-state index in [1.807, 2.05) is 49.4 Å². The number of carboxylic acid groups (broad SMARTS) is 1. The van der Waals surface area contributed by atoms with Crippen LogP contribution in [-0.2, 0) is 16.0 Å². The van der Waals surface area contributed by atoms with Gasteiger partial charge >= 0.3 is 5.97 Å². The summed E-state index contributed by atoms with van der Waals surface area (Å²) in [7, 11) is 0. The van der Waals surface area contributed by atoms with Gasteiger partial charge in [-0.15, -0.1) is 0 Å². The molecule has 1 aliphatic rings. The van der Waals surface area contributed by atoms with Crippen molar-refractivity contribution in [3.63, 3.8) is 0 Å². The zero-order valence-corrected chi connectivity index (χ0v) is 20.8. The molecule has 1 saturated heterocycles. The average molecular weight is 500 g/mol. The van der Waals surface area contributed by atoms with Crippen LogP contribution in [0.2, 0.25) is 0 Å². The highest BCUT2D eigenvalue weighted by molar-refractivity contribution is 8.26. The molecule has 1 N–H and O–H groups in total. The number of aliphatic carboxylic acids is 1. The predicted molar refractivity (Wildman–Crippen MR) is 139 cm³/mol. The zero-order valence-electron chi connectivity index (χ0n) is 19.2. The second-order valence-electron chi connectivity index (χ2n) is 7.76. The van der Waals surface area contributed by atoms with Gasteiger partial charge in [0.05, 0.1) is 18.1 Å². The first-order chi connectivity index (χ1) is 16.5. The van der Waals surface area contributed by atoms with Gasteiger partial charge in [0.15, 0.2) is 11.5 Å². The molecule has 1 fully saturated rings. The van der Waals surface area contributed by atoms with Crippen LogP contribution in [0.3, 0.4) is 0 Å². The van der Waals surface area contributed by atoms with Crippen molar-refractivity contribution in [2.45, 2.75) is 39.0 Å². The third-order valence-electron chi connectivity index (χ3n) is 5.20. The summed E-state index contributed by atoms with van der Waals surface area (Å²) in [6, 6.07) is 15.8. The van der Waals surface area contributed by atoms with E-state index in [1.54, 1.807) is 4.90 Å². The smallest absolute Gasteiger partial charge is 0.303 e. The Kier molecular flexibility index (Phi) is 9.97. The molecule has 0 aromatic heterocycles. The number of unbranched alkanes of at least 4 members (excludes halogenated alkanes) is 2. The van der Waals surface area contributed by atoms with Crippen molar-refractivity contribution in [2.75, 3.05) is 19.8 Å². The van der Waals surface area contributed by atoms with Crippen molar-refractivity contribution < 1.29 is 24.2 Å². The Morgan fingerprint density at radius 2 is 1.88 bits per heavy atom. The summed E-state index contributed by atoms with van der Waals surface area (Å²) in [4.78, 5) is 25.6. The summed E-state index contributed by atoms with van der Waals surface area (Å²) in [6.45, 7) is 3.46. The van der Waals surface area contributed by atoms with Gasteiger partial charge in [-0.25, -0.2) is 0 Å². The van der Waals surface area contributed by atoms with Crippen molar-refractivity contribution in [1.29, 1.82) is 0 Å². The summed E-state index contributed by atoms with van der Waals surface area (Å²) >= 11 is 6.68. The fraction of sp³-hybridized carbons (Fsp3) is 0.346. The highest BCUT2D eigenvalue weighted by atomic mass is 32.2. The van der Waals surface area contributed by atoms with Gasteiger partial charge in [0.2, 0.25) is 0 Å². The van der Waals surface area contributed by atoms with Crippen molar-refractivity contribution in [3.05, 3.63) is 64.6 Å². The van der Waals surface area contributed by atoms with Crippen molar-refractivity contribution in [2.24, 2.45) is 0 Å². The molecule has 180 valence electrons. The van der Waals surface area contributed by atoms with E-state index in [2.05, 4.69) is 12.1 Å². The summed E-state index contributed by atoms with van der Waals surface area (Å²) in [5, 5.41) is 8.73. The summed E-state index contributed by atoms with van der Waals surface area (Å²) in [5.41, 5.74) is 2.04. The maximum absolute atomic E-state index is 12.8.